The number of rotatable bonds is 10. The molecule has 1 aliphatic carbocycles. The van der Waals surface area contributed by atoms with E-state index in [9.17, 15) is 10.0 Å². The molecule has 2 heterocycles. The zero-order valence-electron chi connectivity index (χ0n) is 19.7. The van der Waals surface area contributed by atoms with E-state index in [2.05, 4.69) is 41.3 Å². The average Bonchev–Trinajstić information content (AvgIpc) is 3.30. The minimum atomic E-state index is -0.505. The molecule has 1 unspecified atom stereocenters. The molecule has 33 heavy (non-hydrogen) atoms. The van der Waals surface area contributed by atoms with Crippen LogP contribution in [0, 0.1) is 16.2 Å². The van der Waals surface area contributed by atoms with Gasteiger partial charge < -0.3 is 20.7 Å². The van der Waals surface area contributed by atoms with Gasteiger partial charge >= 0.3 is 0 Å². The van der Waals surface area contributed by atoms with E-state index in [1.54, 1.807) is 6.20 Å². The molecule has 1 aromatic rings. The van der Waals surface area contributed by atoms with Crippen LogP contribution in [0.5, 0.6) is 0 Å². The summed E-state index contributed by atoms with van der Waals surface area (Å²) in [5, 5.41) is 27.8. The first kappa shape index (κ1) is 24.6. The van der Waals surface area contributed by atoms with E-state index in [4.69, 9.17) is 15.5 Å². The molecule has 9 heteroatoms. The standard InChI is InChI=1S/C24H35N7O2/c1-4-7-23-24(19-12-27-31(14-19)22-9-6-5-8-17(22)2)29-21(15-30(23)3)18(10-25)11-26-20(16-32)13-28-33/h7,10-12,14-15,17,20,22,25-26,32H,4-6,8-9,13,16H2,1-3H3/b18-11+,23-7-,25-10?/t17-,20?,22-/m1/s1. The predicted molar refractivity (Wildman–Crippen MR) is 131 cm³/mol. The van der Waals surface area contributed by atoms with Crippen LogP contribution in [0.15, 0.2) is 58.0 Å². The maximum absolute atomic E-state index is 10.5. The second kappa shape index (κ2) is 11.7. The molecule has 0 amide bonds. The van der Waals surface area contributed by atoms with Crippen molar-refractivity contribution in [2.75, 3.05) is 20.2 Å². The van der Waals surface area contributed by atoms with E-state index >= 15 is 0 Å². The zero-order valence-corrected chi connectivity index (χ0v) is 19.7. The first-order valence-electron chi connectivity index (χ1n) is 11.7. The molecule has 9 nitrogen and oxygen atoms in total. The van der Waals surface area contributed by atoms with E-state index in [1.165, 1.54) is 25.5 Å². The lowest BCUT2D eigenvalue weighted by Gasteiger charge is -2.29. The lowest BCUT2D eigenvalue weighted by molar-refractivity contribution is 0.240. The van der Waals surface area contributed by atoms with Crippen molar-refractivity contribution in [3.8, 4) is 0 Å². The van der Waals surface area contributed by atoms with E-state index in [0.717, 1.165) is 29.8 Å². The SMILES string of the molecule is CC/C=C1/C(c2cnn([C@@H]3CCCC[C@H]3C)c2)=NC(/C(C=N)=C/NC(CO)CN=O)=CN1C. The summed E-state index contributed by atoms with van der Waals surface area (Å²) in [6, 6.07) is -0.0970. The van der Waals surface area contributed by atoms with Crippen molar-refractivity contribution >= 4 is 11.9 Å². The number of likely N-dealkylation sites (N-methyl/N-ethyl adjacent to an activating group) is 1. The summed E-state index contributed by atoms with van der Waals surface area (Å²) in [6.07, 6.45) is 16.5. The van der Waals surface area contributed by atoms with Crippen LogP contribution >= 0.6 is 0 Å². The van der Waals surface area contributed by atoms with Crippen molar-refractivity contribution in [3.63, 3.8) is 0 Å². The molecule has 178 valence electrons. The third-order valence-electron chi connectivity index (χ3n) is 6.29. The van der Waals surface area contributed by atoms with Gasteiger partial charge in [0, 0.05) is 43.0 Å². The van der Waals surface area contributed by atoms with Gasteiger partial charge in [0.15, 0.2) is 0 Å². The van der Waals surface area contributed by atoms with Crippen LogP contribution in [-0.4, -0.2) is 58.0 Å². The molecule has 0 saturated heterocycles. The minimum absolute atomic E-state index is 0.0616. The van der Waals surface area contributed by atoms with Crippen molar-refractivity contribution in [2.45, 2.75) is 58.0 Å². The molecule has 1 fully saturated rings. The summed E-state index contributed by atoms with van der Waals surface area (Å²) in [7, 11) is 1.96. The van der Waals surface area contributed by atoms with Gasteiger partial charge in [-0.05, 0) is 25.2 Å². The maximum atomic E-state index is 10.5. The molecule has 1 saturated carbocycles. The van der Waals surface area contributed by atoms with Crippen molar-refractivity contribution < 1.29 is 5.11 Å². The molecular formula is C24H35N7O2. The number of nitrogens with one attached hydrogen (secondary N) is 2. The molecule has 3 rings (SSSR count). The highest BCUT2D eigenvalue weighted by Gasteiger charge is 2.26. The van der Waals surface area contributed by atoms with Crippen LogP contribution in [0.1, 0.15) is 57.6 Å². The topological polar surface area (TPSA) is 119 Å². The Labute approximate surface area is 195 Å². The van der Waals surface area contributed by atoms with Crippen molar-refractivity contribution in [3.05, 3.63) is 58.3 Å². The third-order valence-corrected chi connectivity index (χ3v) is 6.29. The van der Waals surface area contributed by atoms with Crippen LogP contribution in [0.25, 0.3) is 0 Å². The number of hydrogen-bond donors (Lipinski definition) is 3. The highest BCUT2D eigenvalue weighted by Crippen LogP contribution is 2.33. The molecule has 0 radical (unpaired) electrons. The Kier molecular flexibility index (Phi) is 8.71. The number of nitroso groups, excluding NO2 is 1. The fourth-order valence-electron chi connectivity index (χ4n) is 4.39. The monoisotopic (exact) mass is 453 g/mol. The van der Waals surface area contributed by atoms with Crippen LogP contribution in [0.3, 0.4) is 0 Å². The number of nitrogens with zero attached hydrogens (tertiary/aromatic N) is 5. The smallest absolute Gasteiger partial charge is 0.103 e. The van der Waals surface area contributed by atoms with E-state index in [1.807, 2.05) is 24.3 Å². The average molecular weight is 454 g/mol. The highest BCUT2D eigenvalue weighted by molar-refractivity contribution is 6.13. The van der Waals surface area contributed by atoms with Gasteiger partial charge in [-0.25, -0.2) is 4.99 Å². The van der Waals surface area contributed by atoms with Gasteiger partial charge in [-0.3, -0.25) is 4.68 Å². The summed E-state index contributed by atoms with van der Waals surface area (Å²) >= 11 is 0. The number of allylic oxidation sites excluding steroid dienone is 3. The molecule has 0 aromatic carbocycles. The molecule has 3 atom stereocenters. The lowest BCUT2D eigenvalue weighted by Crippen LogP contribution is -2.31. The normalized spacial score (nSPS) is 23.7. The Bertz CT molecular complexity index is 960. The fourth-order valence-corrected chi connectivity index (χ4v) is 4.39. The third kappa shape index (κ3) is 5.84. The summed E-state index contributed by atoms with van der Waals surface area (Å²) < 4.78 is 2.09. The van der Waals surface area contributed by atoms with Gasteiger partial charge in [0.25, 0.3) is 0 Å². The second-order valence-electron chi connectivity index (χ2n) is 8.72. The number of aromatic nitrogens is 2. The fraction of sp³-hybridized carbons (Fsp3) is 0.542. The number of aliphatic imine (C=N–C) groups is 1. The van der Waals surface area contributed by atoms with E-state index in [0.29, 0.717) is 23.2 Å². The second-order valence-corrected chi connectivity index (χ2v) is 8.72. The summed E-state index contributed by atoms with van der Waals surface area (Å²) in [5.41, 5.74) is 3.90. The number of aliphatic hydroxyl groups is 1. The van der Waals surface area contributed by atoms with Gasteiger partial charge in [0.2, 0.25) is 0 Å². The summed E-state index contributed by atoms with van der Waals surface area (Å²) in [6.45, 7) is 4.10. The Hall–Kier alpha value is -3.07. The Balaban J connectivity index is 1.94. The van der Waals surface area contributed by atoms with Gasteiger partial charge in [-0.15, -0.1) is 0 Å². The van der Waals surface area contributed by atoms with Gasteiger partial charge in [-0.1, -0.05) is 37.9 Å². The van der Waals surface area contributed by atoms with Crippen LogP contribution < -0.4 is 5.32 Å². The summed E-state index contributed by atoms with van der Waals surface area (Å²) in [5.74, 6) is 0.599. The molecule has 1 aliphatic heterocycles. The lowest BCUT2D eigenvalue weighted by atomic mass is 9.86. The van der Waals surface area contributed by atoms with Gasteiger partial charge in [0.1, 0.15) is 6.54 Å². The van der Waals surface area contributed by atoms with Crippen LogP contribution in [-0.2, 0) is 0 Å². The quantitative estimate of drug-likeness (QED) is 0.368. The number of aliphatic hydroxyl groups excluding tert-OH is 1. The minimum Gasteiger partial charge on any atom is -0.394 e. The Morgan fingerprint density at radius 2 is 2.21 bits per heavy atom. The first-order chi connectivity index (χ1) is 16.0. The molecule has 1 aromatic heterocycles. The Morgan fingerprint density at radius 3 is 2.88 bits per heavy atom. The zero-order chi connectivity index (χ0) is 23.8. The highest BCUT2D eigenvalue weighted by atomic mass is 16.3. The predicted octanol–water partition coefficient (Wildman–Crippen LogP) is 3.75. The molecule has 0 spiro atoms. The largest absolute Gasteiger partial charge is 0.394 e. The van der Waals surface area contributed by atoms with E-state index in [-0.39, 0.29) is 13.2 Å². The first-order valence-corrected chi connectivity index (χ1v) is 11.7. The Morgan fingerprint density at radius 1 is 1.42 bits per heavy atom. The van der Waals surface area contributed by atoms with Crippen molar-refractivity contribution in [2.24, 2.45) is 16.1 Å². The van der Waals surface area contributed by atoms with Gasteiger partial charge in [-0.2, -0.15) is 10.0 Å². The molecule has 0 bridgehead atoms. The molecule has 2 aliphatic rings. The molecule has 3 N–H and O–H groups in total. The van der Waals surface area contributed by atoms with E-state index < -0.39 is 6.04 Å². The maximum Gasteiger partial charge on any atom is 0.103 e. The molecular weight excluding hydrogens is 418 g/mol. The van der Waals surface area contributed by atoms with Crippen LogP contribution in [0.2, 0.25) is 0 Å². The van der Waals surface area contributed by atoms with Crippen molar-refractivity contribution in [1.82, 2.24) is 20.0 Å². The van der Waals surface area contributed by atoms with Crippen molar-refractivity contribution in [1.29, 1.82) is 5.41 Å². The van der Waals surface area contributed by atoms with Crippen LogP contribution in [0.4, 0.5) is 0 Å². The summed E-state index contributed by atoms with van der Waals surface area (Å²) in [4.78, 5) is 17.5. The van der Waals surface area contributed by atoms with Gasteiger partial charge in [0.05, 0.1) is 42.0 Å². The number of hydrogen-bond acceptors (Lipinski definition) is 8.